The fourth-order valence-corrected chi connectivity index (χ4v) is 1.71. The molecule has 0 unspecified atom stereocenters. The molecule has 0 aliphatic carbocycles. The molecular formula is C14H18N2O2. The number of ether oxygens (including phenoxy) is 1. The lowest BCUT2D eigenvalue weighted by Crippen LogP contribution is -2.04. The van der Waals surface area contributed by atoms with Crippen LogP contribution in [-0.4, -0.2) is 12.0 Å². The molecule has 1 N–H and O–H groups in total. The predicted octanol–water partition coefficient (Wildman–Crippen LogP) is 3.14. The topological polar surface area (TPSA) is 47.3 Å². The highest BCUT2D eigenvalue weighted by atomic mass is 16.6. The molecule has 0 atom stereocenters. The number of aryl methyl sites for hydroxylation is 1. The highest BCUT2D eigenvalue weighted by Gasteiger charge is 2.05. The van der Waals surface area contributed by atoms with Crippen LogP contribution in [0.5, 0.6) is 11.8 Å². The second kappa shape index (κ2) is 6.21. The molecule has 0 spiro atoms. The molecule has 0 aliphatic heterocycles. The van der Waals surface area contributed by atoms with Crippen molar-refractivity contribution in [1.29, 1.82) is 0 Å². The van der Waals surface area contributed by atoms with Crippen LogP contribution < -0.4 is 10.1 Å². The zero-order chi connectivity index (χ0) is 12.8. The largest absolute Gasteiger partial charge is 0.417 e. The number of benzene rings is 1. The van der Waals surface area contributed by atoms with E-state index in [1.165, 1.54) is 5.56 Å². The van der Waals surface area contributed by atoms with E-state index in [4.69, 9.17) is 9.15 Å². The van der Waals surface area contributed by atoms with Gasteiger partial charge >= 0.3 is 6.08 Å². The van der Waals surface area contributed by atoms with Gasteiger partial charge < -0.3 is 14.5 Å². The van der Waals surface area contributed by atoms with Crippen LogP contribution in [0.1, 0.15) is 24.6 Å². The zero-order valence-electron chi connectivity index (χ0n) is 10.8. The standard InChI is InChI=1S/C14H18N2O2/c1-3-4-11-5-7-13(8-6-11)18-14-16-12(9-15-2)10-17-14/h5-8,10,15H,3-4,9H2,1-2H3. The highest BCUT2D eigenvalue weighted by molar-refractivity contribution is 5.29. The number of aromatic nitrogens is 1. The van der Waals surface area contributed by atoms with Crippen LogP contribution in [-0.2, 0) is 13.0 Å². The summed E-state index contributed by atoms with van der Waals surface area (Å²) < 4.78 is 10.8. The third-order valence-electron chi connectivity index (χ3n) is 2.56. The third-order valence-corrected chi connectivity index (χ3v) is 2.56. The maximum Gasteiger partial charge on any atom is 0.399 e. The van der Waals surface area contributed by atoms with Gasteiger partial charge in [0.1, 0.15) is 12.0 Å². The lowest BCUT2D eigenvalue weighted by Gasteiger charge is -2.02. The first-order chi connectivity index (χ1) is 8.81. The second-order valence-corrected chi connectivity index (χ2v) is 4.13. The molecule has 2 aromatic rings. The van der Waals surface area contributed by atoms with E-state index in [0.717, 1.165) is 24.3 Å². The van der Waals surface area contributed by atoms with E-state index in [1.807, 2.05) is 19.2 Å². The molecule has 0 bridgehead atoms. The van der Waals surface area contributed by atoms with Gasteiger partial charge in [-0.2, -0.15) is 4.98 Å². The summed E-state index contributed by atoms with van der Waals surface area (Å²) >= 11 is 0. The third kappa shape index (κ3) is 3.34. The number of nitrogens with one attached hydrogen (secondary N) is 1. The van der Waals surface area contributed by atoms with Crippen molar-refractivity contribution in [1.82, 2.24) is 10.3 Å². The molecule has 0 saturated carbocycles. The normalized spacial score (nSPS) is 10.6. The van der Waals surface area contributed by atoms with Crippen molar-refractivity contribution in [3.63, 3.8) is 0 Å². The minimum absolute atomic E-state index is 0.281. The van der Waals surface area contributed by atoms with Crippen molar-refractivity contribution >= 4 is 0 Å². The Bertz CT molecular complexity index is 477. The van der Waals surface area contributed by atoms with Crippen molar-refractivity contribution in [2.45, 2.75) is 26.3 Å². The van der Waals surface area contributed by atoms with Crippen LogP contribution in [0.3, 0.4) is 0 Å². The van der Waals surface area contributed by atoms with Crippen molar-refractivity contribution in [2.75, 3.05) is 7.05 Å². The zero-order valence-corrected chi connectivity index (χ0v) is 10.8. The summed E-state index contributed by atoms with van der Waals surface area (Å²) in [5.41, 5.74) is 2.14. The maximum absolute atomic E-state index is 5.53. The Morgan fingerprint density at radius 3 is 2.72 bits per heavy atom. The molecular weight excluding hydrogens is 228 g/mol. The Kier molecular flexibility index (Phi) is 4.36. The Balaban J connectivity index is 1.99. The lowest BCUT2D eigenvalue weighted by molar-refractivity contribution is 0.330. The van der Waals surface area contributed by atoms with Gasteiger partial charge in [0.05, 0.1) is 5.69 Å². The van der Waals surface area contributed by atoms with Crippen LogP contribution in [0.25, 0.3) is 0 Å². The van der Waals surface area contributed by atoms with Gasteiger partial charge in [-0.05, 0) is 31.2 Å². The van der Waals surface area contributed by atoms with E-state index >= 15 is 0 Å². The number of rotatable bonds is 6. The first-order valence-corrected chi connectivity index (χ1v) is 6.17. The number of nitrogens with zero attached hydrogens (tertiary/aromatic N) is 1. The lowest BCUT2D eigenvalue weighted by atomic mass is 10.1. The molecule has 18 heavy (non-hydrogen) atoms. The molecule has 1 aromatic carbocycles. The van der Waals surface area contributed by atoms with Gasteiger partial charge in [0.15, 0.2) is 0 Å². The average molecular weight is 246 g/mol. The number of hydrogen-bond donors (Lipinski definition) is 1. The van der Waals surface area contributed by atoms with E-state index in [1.54, 1.807) is 6.26 Å². The van der Waals surface area contributed by atoms with Crippen LogP contribution in [0, 0.1) is 0 Å². The summed E-state index contributed by atoms with van der Waals surface area (Å²) in [6.45, 7) is 2.84. The SMILES string of the molecule is CCCc1ccc(Oc2nc(CNC)co2)cc1. The van der Waals surface area contributed by atoms with Crippen LogP contribution in [0.4, 0.5) is 0 Å². The molecule has 0 amide bonds. The minimum Gasteiger partial charge on any atom is -0.417 e. The minimum atomic E-state index is 0.281. The Labute approximate surface area is 107 Å². The predicted molar refractivity (Wildman–Crippen MR) is 69.8 cm³/mol. The Morgan fingerprint density at radius 2 is 2.06 bits per heavy atom. The van der Waals surface area contributed by atoms with Crippen LogP contribution >= 0.6 is 0 Å². The van der Waals surface area contributed by atoms with Crippen molar-refractivity contribution in [2.24, 2.45) is 0 Å². The highest BCUT2D eigenvalue weighted by Crippen LogP contribution is 2.21. The summed E-state index contributed by atoms with van der Waals surface area (Å²) in [5, 5.41) is 3.00. The maximum atomic E-state index is 5.53. The molecule has 2 rings (SSSR count). The van der Waals surface area contributed by atoms with E-state index < -0.39 is 0 Å². The molecule has 0 aliphatic rings. The second-order valence-electron chi connectivity index (χ2n) is 4.13. The van der Waals surface area contributed by atoms with Crippen LogP contribution in [0.15, 0.2) is 34.9 Å². The van der Waals surface area contributed by atoms with Gasteiger partial charge in [-0.15, -0.1) is 0 Å². The van der Waals surface area contributed by atoms with E-state index in [2.05, 4.69) is 29.4 Å². The molecule has 4 heteroatoms. The van der Waals surface area contributed by atoms with Crippen molar-refractivity contribution in [3.05, 3.63) is 41.8 Å². The quantitative estimate of drug-likeness (QED) is 0.850. The van der Waals surface area contributed by atoms with Gasteiger partial charge in [-0.1, -0.05) is 25.5 Å². The van der Waals surface area contributed by atoms with Gasteiger partial charge in [0, 0.05) is 6.54 Å². The van der Waals surface area contributed by atoms with E-state index in [9.17, 15) is 0 Å². The summed E-state index contributed by atoms with van der Waals surface area (Å²) in [6.07, 6.45) is 4.11. The molecule has 0 fully saturated rings. The summed E-state index contributed by atoms with van der Waals surface area (Å²) in [6, 6.07) is 8.01. The molecule has 96 valence electrons. The Hall–Kier alpha value is -1.81. The van der Waals surface area contributed by atoms with Gasteiger partial charge in [-0.3, -0.25) is 0 Å². The summed E-state index contributed by atoms with van der Waals surface area (Å²) in [4.78, 5) is 4.20. The first kappa shape index (κ1) is 12.6. The molecule has 4 nitrogen and oxygen atoms in total. The summed E-state index contributed by atoms with van der Waals surface area (Å²) in [7, 11) is 1.86. The first-order valence-electron chi connectivity index (χ1n) is 6.17. The van der Waals surface area contributed by atoms with E-state index in [-0.39, 0.29) is 6.08 Å². The smallest absolute Gasteiger partial charge is 0.399 e. The van der Waals surface area contributed by atoms with E-state index in [0.29, 0.717) is 6.54 Å². The molecule has 1 aromatic heterocycles. The fraction of sp³-hybridized carbons (Fsp3) is 0.357. The Morgan fingerprint density at radius 1 is 1.28 bits per heavy atom. The monoisotopic (exact) mass is 246 g/mol. The molecule has 0 saturated heterocycles. The molecule has 0 radical (unpaired) electrons. The van der Waals surface area contributed by atoms with Crippen LogP contribution in [0.2, 0.25) is 0 Å². The molecule has 1 heterocycles. The van der Waals surface area contributed by atoms with Gasteiger partial charge in [0.2, 0.25) is 0 Å². The van der Waals surface area contributed by atoms with Crippen molar-refractivity contribution < 1.29 is 9.15 Å². The van der Waals surface area contributed by atoms with Gasteiger partial charge in [0.25, 0.3) is 0 Å². The fourth-order valence-electron chi connectivity index (χ4n) is 1.71. The number of hydrogen-bond acceptors (Lipinski definition) is 4. The number of oxazole rings is 1. The average Bonchev–Trinajstić information content (AvgIpc) is 2.80. The van der Waals surface area contributed by atoms with Crippen molar-refractivity contribution in [3.8, 4) is 11.8 Å². The summed E-state index contributed by atoms with van der Waals surface area (Å²) in [5.74, 6) is 0.743. The van der Waals surface area contributed by atoms with Gasteiger partial charge in [-0.25, -0.2) is 0 Å².